The third kappa shape index (κ3) is 3.57. The molecule has 0 amide bonds. The van der Waals surface area contributed by atoms with Gasteiger partial charge in [0.2, 0.25) is 5.95 Å². The van der Waals surface area contributed by atoms with E-state index in [9.17, 15) is 0 Å². The maximum absolute atomic E-state index is 4.65. The van der Waals surface area contributed by atoms with E-state index in [1.807, 2.05) is 32.3 Å². The number of nitrogens with zero attached hydrogens (tertiary/aromatic N) is 4. The molecule has 0 saturated carbocycles. The van der Waals surface area contributed by atoms with E-state index in [1.165, 1.54) is 5.56 Å². The van der Waals surface area contributed by atoms with Crippen molar-refractivity contribution in [2.24, 2.45) is 0 Å². The van der Waals surface area contributed by atoms with Crippen LogP contribution in [0.3, 0.4) is 0 Å². The number of H-pyrrole nitrogens is 1. The van der Waals surface area contributed by atoms with E-state index in [4.69, 9.17) is 0 Å². The third-order valence-electron chi connectivity index (χ3n) is 3.62. The largest absolute Gasteiger partial charge is 0.356 e. The van der Waals surface area contributed by atoms with Crippen LogP contribution in [0.5, 0.6) is 0 Å². The van der Waals surface area contributed by atoms with Gasteiger partial charge < -0.3 is 20.5 Å². The van der Waals surface area contributed by atoms with Crippen LogP contribution in [0.25, 0.3) is 11.2 Å². The van der Waals surface area contributed by atoms with Crippen LogP contribution in [0.15, 0.2) is 36.7 Å². The molecule has 0 aliphatic heterocycles. The van der Waals surface area contributed by atoms with E-state index in [0.29, 0.717) is 18.1 Å². The van der Waals surface area contributed by atoms with Crippen molar-refractivity contribution in [1.29, 1.82) is 0 Å². The zero-order valence-electron chi connectivity index (χ0n) is 13.4. The molecule has 0 bridgehead atoms. The number of benzene rings is 1. The van der Waals surface area contributed by atoms with Crippen molar-refractivity contribution < 1.29 is 0 Å². The van der Waals surface area contributed by atoms with Crippen LogP contribution < -0.4 is 15.5 Å². The molecule has 23 heavy (non-hydrogen) atoms. The minimum atomic E-state index is 0.583. The van der Waals surface area contributed by atoms with E-state index < -0.39 is 0 Å². The Hall–Kier alpha value is -2.67. The van der Waals surface area contributed by atoms with Crippen LogP contribution >= 0.6 is 0 Å². The minimum absolute atomic E-state index is 0.583. The highest BCUT2D eigenvalue weighted by molar-refractivity contribution is 5.84. The van der Waals surface area contributed by atoms with Crippen molar-refractivity contribution in [3.8, 4) is 0 Å². The van der Waals surface area contributed by atoms with Gasteiger partial charge in [0.05, 0.1) is 6.33 Å². The van der Waals surface area contributed by atoms with E-state index >= 15 is 0 Å². The van der Waals surface area contributed by atoms with Crippen LogP contribution in [-0.4, -0.2) is 47.1 Å². The highest BCUT2D eigenvalue weighted by atomic mass is 15.2. The quantitative estimate of drug-likeness (QED) is 0.615. The molecule has 3 N–H and O–H groups in total. The summed E-state index contributed by atoms with van der Waals surface area (Å²) < 4.78 is 0. The zero-order chi connectivity index (χ0) is 16.1. The lowest BCUT2D eigenvalue weighted by Crippen LogP contribution is -2.28. The molecule has 7 nitrogen and oxygen atoms in total. The maximum atomic E-state index is 4.65. The number of imidazole rings is 1. The van der Waals surface area contributed by atoms with Gasteiger partial charge in [-0.1, -0.05) is 30.3 Å². The number of likely N-dealkylation sites (N-methyl/N-ethyl adjacent to an activating group) is 2. The summed E-state index contributed by atoms with van der Waals surface area (Å²) in [5.41, 5.74) is 2.71. The van der Waals surface area contributed by atoms with Crippen LogP contribution in [0, 0.1) is 0 Å². The van der Waals surface area contributed by atoms with Gasteiger partial charge in [0.25, 0.3) is 0 Å². The number of hydrogen-bond donors (Lipinski definition) is 3. The summed E-state index contributed by atoms with van der Waals surface area (Å²) in [4.78, 5) is 18.6. The molecular weight excluding hydrogens is 290 g/mol. The predicted molar refractivity (Wildman–Crippen MR) is 92.6 cm³/mol. The van der Waals surface area contributed by atoms with Gasteiger partial charge in [-0.3, -0.25) is 0 Å². The fourth-order valence-corrected chi connectivity index (χ4v) is 2.34. The summed E-state index contributed by atoms with van der Waals surface area (Å²) in [6.45, 7) is 2.40. The fourth-order valence-electron chi connectivity index (χ4n) is 2.34. The summed E-state index contributed by atoms with van der Waals surface area (Å²) in [5, 5.41) is 6.42. The van der Waals surface area contributed by atoms with Crippen LogP contribution in [-0.2, 0) is 6.54 Å². The van der Waals surface area contributed by atoms with Gasteiger partial charge in [-0.05, 0) is 12.6 Å². The summed E-state index contributed by atoms with van der Waals surface area (Å²) in [6, 6.07) is 10.2. The molecule has 0 saturated heterocycles. The first-order chi connectivity index (χ1) is 11.3. The monoisotopic (exact) mass is 311 g/mol. The van der Waals surface area contributed by atoms with Gasteiger partial charge >= 0.3 is 0 Å². The molecule has 2 heterocycles. The van der Waals surface area contributed by atoms with Gasteiger partial charge in [-0.15, -0.1) is 0 Å². The summed E-state index contributed by atoms with van der Waals surface area (Å²) in [6.07, 6.45) is 1.65. The smallest absolute Gasteiger partial charge is 0.227 e. The lowest BCUT2D eigenvalue weighted by Gasteiger charge is -2.19. The van der Waals surface area contributed by atoms with E-state index in [-0.39, 0.29) is 0 Å². The Labute approximate surface area is 135 Å². The number of fused-ring (bicyclic) bond motifs is 1. The molecular formula is C16H21N7. The molecule has 0 atom stereocenters. The van der Waals surface area contributed by atoms with Gasteiger partial charge in [-0.2, -0.15) is 9.97 Å². The van der Waals surface area contributed by atoms with Crippen LogP contribution in [0.2, 0.25) is 0 Å². The number of anilines is 2. The molecule has 2 aromatic heterocycles. The fraction of sp³-hybridized carbons (Fsp3) is 0.312. The van der Waals surface area contributed by atoms with E-state index in [2.05, 4.69) is 47.6 Å². The molecule has 7 heteroatoms. The Bertz CT molecular complexity index is 753. The Balaban J connectivity index is 1.83. The lowest BCUT2D eigenvalue weighted by atomic mass is 10.2. The highest BCUT2D eigenvalue weighted by Gasteiger charge is 2.13. The van der Waals surface area contributed by atoms with Gasteiger partial charge in [-0.25, -0.2) is 4.98 Å². The van der Waals surface area contributed by atoms with Gasteiger partial charge in [0.15, 0.2) is 11.5 Å². The molecule has 3 rings (SSSR count). The van der Waals surface area contributed by atoms with Crippen molar-refractivity contribution >= 4 is 22.9 Å². The number of aromatic nitrogens is 4. The average Bonchev–Trinajstić information content (AvgIpc) is 3.06. The molecule has 0 aliphatic rings. The van der Waals surface area contributed by atoms with E-state index in [0.717, 1.165) is 24.4 Å². The van der Waals surface area contributed by atoms with Crippen molar-refractivity contribution in [1.82, 2.24) is 25.3 Å². The molecule has 1 aromatic carbocycles. The summed E-state index contributed by atoms with van der Waals surface area (Å²) >= 11 is 0. The first kappa shape index (κ1) is 15.2. The topological polar surface area (TPSA) is 81.8 Å². The Morgan fingerprint density at radius 1 is 1.17 bits per heavy atom. The van der Waals surface area contributed by atoms with E-state index in [1.54, 1.807) is 6.33 Å². The second-order valence-corrected chi connectivity index (χ2v) is 5.34. The molecule has 0 fully saturated rings. The maximum Gasteiger partial charge on any atom is 0.227 e. The standard InChI is InChI=1S/C16H21N7/c1-17-8-9-23(2)15-13-14(20-11-19-13)21-16(22-15)18-10-12-6-4-3-5-7-12/h3-7,11,17H,8-10H2,1-2H3,(H2,18,19,20,21,22). The highest BCUT2D eigenvalue weighted by Crippen LogP contribution is 2.21. The van der Waals surface area contributed by atoms with Crippen molar-refractivity contribution in [3.05, 3.63) is 42.2 Å². The van der Waals surface area contributed by atoms with Crippen molar-refractivity contribution in [2.75, 3.05) is 37.4 Å². The summed E-state index contributed by atoms with van der Waals surface area (Å²) in [5.74, 6) is 1.43. The molecule has 0 radical (unpaired) electrons. The second-order valence-electron chi connectivity index (χ2n) is 5.34. The van der Waals surface area contributed by atoms with Crippen LogP contribution in [0.4, 0.5) is 11.8 Å². The number of hydrogen-bond acceptors (Lipinski definition) is 6. The Kier molecular flexibility index (Phi) is 4.68. The predicted octanol–water partition coefficient (Wildman–Crippen LogP) is 1.62. The minimum Gasteiger partial charge on any atom is -0.356 e. The number of aromatic amines is 1. The summed E-state index contributed by atoms with van der Waals surface area (Å²) in [7, 11) is 3.95. The normalized spacial score (nSPS) is 10.9. The number of nitrogens with one attached hydrogen (secondary N) is 3. The SMILES string of the molecule is CNCCN(C)c1nc(NCc2ccccc2)nc2nc[nH]c12. The molecule has 0 spiro atoms. The number of rotatable bonds is 7. The molecule has 0 aliphatic carbocycles. The van der Waals surface area contributed by atoms with Crippen molar-refractivity contribution in [3.63, 3.8) is 0 Å². The first-order valence-corrected chi connectivity index (χ1v) is 7.62. The Morgan fingerprint density at radius 3 is 2.78 bits per heavy atom. The van der Waals surface area contributed by atoms with Gasteiger partial charge in [0.1, 0.15) is 5.52 Å². The molecule has 120 valence electrons. The molecule has 3 aromatic rings. The zero-order valence-corrected chi connectivity index (χ0v) is 13.4. The first-order valence-electron chi connectivity index (χ1n) is 7.62. The van der Waals surface area contributed by atoms with Gasteiger partial charge in [0, 0.05) is 26.7 Å². The second kappa shape index (κ2) is 7.06. The molecule has 0 unspecified atom stereocenters. The lowest BCUT2D eigenvalue weighted by molar-refractivity contribution is 0.762. The Morgan fingerprint density at radius 2 is 2.00 bits per heavy atom. The van der Waals surface area contributed by atoms with Crippen molar-refractivity contribution in [2.45, 2.75) is 6.54 Å². The van der Waals surface area contributed by atoms with Crippen LogP contribution in [0.1, 0.15) is 5.56 Å². The third-order valence-corrected chi connectivity index (χ3v) is 3.62. The average molecular weight is 311 g/mol.